The maximum atomic E-state index is 2.72. The van der Waals surface area contributed by atoms with Gasteiger partial charge in [-0.15, -0.1) is 0 Å². The Morgan fingerprint density at radius 1 is 0.632 bits per heavy atom. The Labute approximate surface area is 120 Å². The molecule has 0 aliphatic carbocycles. The van der Waals surface area contributed by atoms with Gasteiger partial charge >= 0.3 is 0 Å². The fraction of sp³-hybridized carbons (Fsp3) is 1.00. The second-order valence-electron chi connectivity index (χ2n) is 9.39. The zero-order valence-electron chi connectivity index (χ0n) is 14.4. The van der Waals surface area contributed by atoms with Crippen molar-refractivity contribution in [1.29, 1.82) is 0 Å². The maximum absolute atomic E-state index is 2.72. The van der Waals surface area contributed by atoms with E-state index in [-0.39, 0.29) is 0 Å². The van der Waals surface area contributed by atoms with Crippen LogP contribution in [0.1, 0.15) is 55.4 Å². The van der Waals surface area contributed by atoms with E-state index in [0.717, 1.165) is 11.8 Å². The Morgan fingerprint density at radius 3 is 1.42 bits per heavy atom. The van der Waals surface area contributed by atoms with E-state index in [2.05, 4.69) is 65.2 Å². The van der Waals surface area contributed by atoms with Gasteiger partial charge in [-0.1, -0.05) is 20.8 Å². The van der Waals surface area contributed by atoms with Crippen molar-refractivity contribution in [1.82, 2.24) is 9.80 Å². The first-order chi connectivity index (χ1) is 8.42. The van der Waals surface area contributed by atoms with Crippen LogP contribution in [0.2, 0.25) is 0 Å². The molecule has 112 valence electrons. The summed E-state index contributed by atoms with van der Waals surface area (Å²) in [6.07, 6.45) is 0. The zero-order valence-corrected chi connectivity index (χ0v) is 14.4. The molecule has 0 radical (unpaired) electrons. The molecule has 2 aliphatic rings. The molecule has 2 aliphatic heterocycles. The molecule has 2 nitrogen and oxygen atoms in total. The van der Waals surface area contributed by atoms with E-state index in [1.54, 1.807) is 0 Å². The van der Waals surface area contributed by atoms with Gasteiger partial charge < -0.3 is 0 Å². The van der Waals surface area contributed by atoms with Crippen LogP contribution >= 0.6 is 0 Å². The van der Waals surface area contributed by atoms with E-state index < -0.39 is 0 Å². The minimum atomic E-state index is 0.343. The molecule has 2 heterocycles. The Hall–Kier alpha value is -0.0800. The Kier molecular flexibility index (Phi) is 3.59. The molecule has 2 saturated heterocycles. The summed E-state index contributed by atoms with van der Waals surface area (Å²) in [4.78, 5) is 5.33. The fourth-order valence-corrected chi connectivity index (χ4v) is 3.23. The summed E-state index contributed by atoms with van der Waals surface area (Å²) in [7, 11) is 0. The molecule has 0 aromatic carbocycles. The number of rotatable bonds is 2. The van der Waals surface area contributed by atoms with E-state index in [4.69, 9.17) is 0 Å². The van der Waals surface area contributed by atoms with Gasteiger partial charge in [0.05, 0.1) is 0 Å². The average molecular weight is 266 g/mol. The third kappa shape index (κ3) is 2.85. The van der Waals surface area contributed by atoms with Gasteiger partial charge in [-0.05, 0) is 46.0 Å². The van der Waals surface area contributed by atoms with Crippen LogP contribution in [0.5, 0.6) is 0 Å². The molecule has 2 fully saturated rings. The van der Waals surface area contributed by atoms with Gasteiger partial charge in [0.25, 0.3) is 0 Å². The van der Waals surface area contributed by atoms with Crippen LogP contribution < -0.4 is 0 Å². The molecule has 0 aromatic rings. The predicted molar refractivity (Wildman–Crippen MR) is 83.4 cm³/mol. The van der Waals surface area contributed by atoms with Crippen molar-refractivity contribution in [3.63, 3.8) is 0 Å². The first-order valence-electron chi connectivity index (χ1n) is 7.92. The van der Waals surface area contributed by atoms with Gasteiger partial charge in [0.2, 0.25) is 0 Å². The van der Waals surface area contributed by atoms with Crippen molar-refractivity contribution in [2.75, 3.05) is 26.2 Å². The Bertz CT molecular complexity index is 288. The third-order valence-corrected chi connectivity index (χ3v) is 5.75. The molecule has 0 bridgehead atoms. The maximum Gasteiger partial charge on any atom is 0.0206 e. The van der Waals surface area contributed by atoms with E-state index >= 15 is 0 Å². The molecule has 2 heteroatoms. The molecule has 0 saturated carbocycles. The van der Waals surface area contributed by atoms with Crippen LogP contribution in [0, 0.1) is 17.3 Å². The molecule has 2 rings (SSSR count). The first-order valence-corrected chi connectivity index (χ1v) is 7.92. The number of nitrogens with zero attached hydrogens (tertiary/aromatic N) is 2. The molecule has 0 N–H and O–H groups in total. The summed E-state index contributed by atoms with van der Waals surface area (Å²) in [5.74, 6) is 1.72. The Morgan fingerprint density at radius 2 is 1.05 bits per heavy atom. The van der Waals surface area contributed by atoms with Crippen LogP contribution in [0.3, 0.4) is 0 Å². The normalized spacial score (nSPS) is 25.3. The van der Waals surface area contributed by atoms with E-state index in [1.807, 2.05) is 0 Å². The van der Waals surface area contributed by atoms with Crippen LogP contribution in [-0.4, -0.2) is 47.1 Å². The summed E-state index contributed by atoms with van der Waals surface area (Å²) in [6.45, 7) is 24.2. The zero-order chi connectivity index (χ0) is 14.6. The Balaban J connectivity index is 1.86. The summed E-state index contributed by atoms with van der Waals surface area (Å²) in [6, 6.07) is 0. The highest BCUT2D eigenvalue weighted by molar-refractivity contribution is 5.04. The van der Waals surface area contributed by atoms with Crippen LogP contribution in [-0.2, 0) is 0 Å². The van der Waals surface area contributed by atoms with Gasteiger partial charge in [0, 0.05) is 43.2 Å². The number of hydrogen-bond donors (Lipinski definition) is 0. The highest BCUT2D eigenvalue weighted by Gasteiger charge is 2.49. The lowest BCUT2D eigenvalue weighted by atomic mass is 9.70. The monoisotopic (exact) mass is 266 g/mol. The smallest absolute Gasteiger partial charge is 0.0206 e. The second kappa shape index (κ2) is 4.46. The van der Waals surface area contributed by atoms with Crippen molar-refractivity contribution in [3.8, 4) is 0 Å². The summed E-state index contributed by atoms with van der Waals surface area (Å²) >= 11 is 0. The number of hydrogen-bond acceptors (Lipinski definition) is 2. The van der Waals surface area contributed by atoms with Crippen LogP contribution in [0.25, 0.3) is 0 Å². The van der Waals surface area contributed by atoms with Gasteiger partial charge in [0.1, 0.15) is 0 Å². The summed E-state index contributed by atoms with van der Waals surface area (Å²) in [5.41, 5.74) is 1.20. The molecule has 0 unspecified atom stereocenters. The SMILES string of the molecule is CC(C)(C)C1CN(C(C)(C)C2CN(C(C)(C)C)C2)C1. The van der Waals surface area contributed by atoms with E-state index in [9.17, 15) is 0 Å². The molecular weight excluding hydrogens is 232 g/mol. The fourth-order valence-electron chi connectivity index (χ4n) is 3.23. The van der Waals surface area contributed by atoms with E-state index in [0.29, 0.717) is 16.5 Å². The van der Waals surface area contributed by atoms with Gasteiger partial charge in [-0.3, -0.25) is 9.80 Å². The molecule has 19 heavy (non-hydrogen) atoms. The molecule has 0 aromatic heterocycles. The number of likely N-dealkylation sites (tertiary alicyclic amines) is 2. The van der Waals surface area contributed by atoms with Crippen molar-refractivity contribution in [3.05, 3.63) is 0 Å². The van der Waals surface area contributed by atoms with Crippen molar-refractivity contribution in [2.45, 2.75) is 66.5 Å². The lowest BCUT2D eigenvalue weighted by Gasteiger charge is -2.61. The highest BCUT2D eigenvalue weighted by Crippen LogP contribution is 2.42. The standard InChI is InChI=1S/C17H34N2/c1-15(2,3)13-9-19(10-13)17(7,8)14-11-18(12-14)16(4,5)6/h13-14H,9-12H2,1-8H3. The van der Waals surface area contributed by atoms with Crippen molar-refractivity contribution >= 4 is 0 Å². The lowest BCUT2D eigenvalue weighted by Crippen LogP contribution is -2.70. The lowest BCUT2D eigenvalue weighted by molar-refractivity contribution is -0.115. The quantitative estimate of drug-likeness (QED) is 0.755. The minimum absolute atomic E-state index is 0.343. The van der Waals surface area contributed by atoms with Crippen LogP contribution in [0.4, 0.5) is 0 Å². The van der Waals surface area contributed by atoms with Crippen molar-refractivity contribution < 1.29 is 0 Å². The van der Waals surface area contributed by atoms with Gasteiger partial charge in [-0.2, -0.15) is 0 Å². The third-order valence-electron chi connectivity index (χ3n) is 5.75. The second-order valence-corrected chi connectivity index (χ2v) is 9.39. The molecule has 0 spiro atoms. The summed E-state index contributed by atoms with van der Waals surface area (Å²) < 4.78 is 0. The van der Waals surface area contributed by atoms with E-state index in [1.165, 1.54) is 26.2 Å². The highest BCUT2D eigenvalue weighted by atomic mass is 15.3. The molecular formula is C17H34N2. The van der Waals surface area contributed by atoms with Crippen LogP contribution in [0.15, 0.2) is 0 Å². The molecule has 0 amide bonds. The van der Waals surface area contributed by atoms with Crippen molar-refractivity contribution in [2.24, 2.45) is 17.3 Å². The largest absolute Gasteiger partial charge is 0.298 e. The first kappa shape index (κ1) is 15.3. The topological polar surface area (TPSA) is 6.48 Å². The predicted octanol–water partition coefficient (Wildman–Crippen LogP) is 3.47. The van der Waals surface area contributed by atoms with Gasteiger partial charge in [0.15, 0.2) is 0 Å². The summed E-state index contributed by atoms with van der Waals surface area (Å²) in [5, 5.41) is 0. The average Bonchev–Trinajstić information content (AvgIpc) is 1.86. The molecule has 0 atom stereocenters. The minimum Gasteiger partial charge on any atom is -0.298 e. The van der Waals surface area contributed by atoms with Gasteiger partial charge in [-0.25, -0.2) is 0 Å².